The lowest BCUT2D eigenvalue weighted by molar-refractivity contribution is -0.385. The smallest absolute Gasteiger partial charge is 0.311 e. The van der Waals surface area contributed by atoms with Crippen LogP contribution >= 0.6 is 15.9 Å². The van der Waals surface area contributed by atoms with E-state index in [4.69, 9.17) is 4.74 Å². The van der Waals surface area contributed by atoms with E-state index >= 15 is 0 Å². The molecule has 3 aromatic carbocycles. The van der Waals surface area contributed by atoms with Crippen LogP contribution < -0.4 is 10.3 Å². The second-order valence-corrected chi connectivity index (χ2v) is 9.32. The standard InChI is InChI=1S/C26H23BrN4O4/c1-16(2)25-29-22-10-9-20(27)13-21(22)26(32)30(25)28-14-19-8-11-24(23(12-19)31(33)34)35-15-18-6-4-17(3)5-7-18/h4-14,16H,15H2,1-3H3. The molecule has 0 saturated heterocycles. The second kappa shape index (κ2) is 10.2. The highest BCUT2D eigenvalue weighted by molar-refractivity contribution is 9.10. The van der Waals surface area contributed by atoms with Crippen molar-refractivity contribution in [1.82, 2.24) is 9.66 Å². The lowest BCUT2D eigenvalue weighted by atomic mass is 10.1. The molecule has 4 aromatic rings. The van der Waals surface area contributed by atoms with Crippen molar-refractivity contribution in [2.24, 2.45) is 5.10 Å². The Morgan fingerprint density at radius 2 is 1.89 bits per heavy atom. The summed E-state index contributed by atoms with van der Waals surface area (Å²) in [4.78, 5) is 29.0. The van der Waals surface area contributed by atoms with E-state index in [1.54, 1.807) is 18.2 Å². The molecule has 0 aliphatic heterocycles. The summed E-state index contributed by atoms with van der Waals surface area (Å²) in [5.41, 5.74) is 2.57. The summed E-state index contributed by atoms with van der Waals surface area (Å²) in [5, 5.41) is 16.5. The van der Waals surface area contributed by atoms with Gasteiger partial charge in [0.25, 0.3) is 5.56 Å². The van der Waals surface area contributed by atoms with Crippen molar-refractivity contribution in [2.75, 3.05) is 0 Å². The van der Waals surface area contributed by atoms with Gasteiger partial charge in [0.05, 0.1) is 22.0 Å². The monoisotopic (exact) mass is 534 g/mol. The highest BCUT2D eigenvalue weighted by Gasteiger charge is 2.17. The van der Waals surface area contributed by atoms with Crippen LogP contribution in [0.3, 0.4) is 0 Å². The van der Waals surface area contributed by atoms with Crippen molar-refractivity contribution in [3.63, 3.8) is 0 Å². The van der Waals surface area contributed by atoms with E-state index in [2.05, 4.69) is 26.0 Å². The third-order valence-electron chi connectivity index (χ3n) is 5.37. The Morgan fingerprint density at radius 1 is 1.14 bits per heavy atom. The molecule has 0 unspecified atom stereocenters. The molecule has 4 rings (SSSR count). The molecule has 0 N–H and O–H groups in total. The van der Waals surface area contributed by atoms with Gasteiger partial charge in [-0.2, -0.15) is 9.78 Å². The van der Waals surface area contributed by atoms with Gasteiger partial charge in [0.2, 0.25) is 0 Å². The Labute approximate surface area is 210 Å². The molecule has 8 nitrogen and oxygen atoms in total. The molecule has 0 atom stereocenters. The lowest BCUT2D eigenvalue weighted by Gasteiger charge is -2.12. The van der Waals surface area contributed by atoms with Gasteiger partial charge in [-0.1, -0.05) is 59.6 Å². The molecule has 0 bridgehead atoms. The minimum atomic E-state index is -0.497. The summed E-state index contributed by atoms with van der Waals surface area (Å²) in [7, 11) is 0. The second-order valence-electron chi connectivity index (χ2n) is 8.41. The van der Waals surface area contributed by atoms with Gasteiger partial charge in [-0.3, -0.25) is 14.9 Å². The minimum Gasteiger partial charge on any atom is -0.482 e. The summed E-state index contributed by atoms with van der Waals surface area (Å²) < 4.78 is 7.72. The van der Waals surface area contributed by atoms with Crippen molar-refractivity contribution < 1.29 is 9.66 Å². The number of aromatic nitrogens is 2. The zero-order valence-electron chi connectivity index (χ0n) is 19.4. The first-order valence-corrected chi connectivity index (χ1v) is 11.8. The number of hydrogen-bond donors (Lipinski definition) is 0. The van der Waals surface area contributed by atoms with Gasteiger partial charge in [-0.15, -0.1) is 0 Å². The predicted molar refractivity (Wildman–Crippen MR) is 139 cm³/mol. The van der Waals surface area contributed by atoms with Crippen LogP contribution in [0.4, 0.5) is 5.69 Å². The molecular formula is C26H23BrN4O4. The number of nitrogens with zero attached hydrogens (tertiary/aromatic N) is 4. The first kappa shape index (κ1) is 24.3. The Kier molecular flexibility index (Phi) is 7.07. The van der Waals surface area contributed by atoms with Crippen LogP contribution in [0.5, 0.6) is 5.75 Å². The Hall–Kier alpha value is -3.85. The van der Waals surface area contributed by atoms with Crippen LogP contribution in [0.1, 0.15) is 42.3 Å². The number of nitro groups is 1. The van der Waals surface area contributed by atoms with Crippen molar-refractivity contribution in [3.05, 3.63) is 108 Å². The number of ether oxygens (including phenoxy) is 1. The van der Waals surface area contributed by atoms with Crippen LogP contribution in [0.15, 0.2) is 75.0 Å². The van der Waals surface area contributed by atoms with Crippen LogP contribution in [0.2, 0.25) is 0 Å². The van der Waals surface area contributed by atoms with E-state index in [1.165, 1.54) is 23.0 Å². The fraction of sp³-hybridized carbons (Fsp3) is 0.192. The number of benzene rings is 3. The molecule has 1 aromatic heterocycles. The van der Waals surface area contributed by atoms with Gasteiger partial charge < -0.3 is 4.74 Å². The predicted octanol–water partition coefficient (Wildman–Crippen LogP) is 5.96. The molecular weight excluding hydrogens is 512 g/mol. The number of fused-ring (bicyclic) bond motifs is 1. The van der Waals surface area contributed by atoms with Crippen molar-refractivity contribution >= 4 is 38.7 Å². The van der Waals surface area contributed by atoms with E-state index in [-0.39, 0.29) is 29.5 Å². The average Bonchev–Trinajstić information content (AvgIpc) is 2.83. The summed E-state index contributed by atoms with van der Waals surface area (Å²) in [6.45, 7) is 6.04. The van der Waals surface area contributed by atoms with E-state index in [9.17, 15) is 14.9 Å². The van der Waals surface area contributed by atoms with Crippen LogP contribution in [0.25, 0.3) is 10.9 Å². The number of nitro benzene ring substituents is 1. The third-order valence-corrected chi connectivity index (χ3v) is 5.86. The zero-order chi connectivity index (χ0) is 25.1. The normalized spacial score (nSPS) is 11.5. The molecule has 1 heterocycles. The van der Waals surface area contributed by atoms with Gasteiger partial charge in [0.1, 0.15) is 12.4 Å². The van der Waals surface area contributed by atoms with E-state index in [1.807, 2.05) is 51.1 Å². The average molecular weight is 535 g/mol. The maximum atomic E-state index is 13.2. The molecule has 0 saturated carbocycles. The fourth-order valence-corrected chi connectivity index (χ4v) is 3.86. The quantitative estimate of drug-likeness (QED) is 0.165. The first-order chi connectivity index (χ1) is 16.7. The Bertz CT molecular complexity index is 1490. The van der Waals surface area contributed by atoms with Gasteiger partial charge in [0, 0.05) is 22.0 Å². The summed E-state index contributed by atoms with van der Waals surface area (Å²) >= 11 is 3.38. The van der Waals surface area contributed by atoms with Crippen molar-refractivity contribution in [1.29, 1.82) is 0 Å². The SMILES string of the molecule is Cc1ccc(COc2ccc(C=Nn3c(C(C)C)nc4ccc(Br)cc4c3=O)cc2[N+](=O)[O-])cc1. The number of rotatable bonds is 7. The maximum absolute atomic E-state index is 13.2. The Morgan fingerprint density at radius 3 is 2.57 bits per heavy atom. The van der Waals surface area contributed by atoms with Gasteiger partial charge in [-0.25, -0.2) is 4.98 Å². The molecule has 0 radical (unpaired) electrons. The molecule has 35 heavy (non-hydrogen) atoms. The molecule has 178 valence electrons. The highest BCUT2D eigenvalue weighted by atomic mass is 79.9. The number of hydrogen-bond acceptors (Lipinski definition) is 6. The van der Waals surface area contributed by atoms with Crippen molar-refractivity contribution in [3.8, 4) is 5.75 Å². The summed E-state index contributed by atoms with van der Waals surface area (Å²) in [5.74, 6) is 0.582. The largest absolute Gasteiger partial charge is 0.482 e. The minimum absolute atomic E-state index is 0.0696. The molecule has 0 aliphatic rings. The van der Waals surface area contributed by atoms with Gasteiger partial charge in [-0.05, 0) is 42.8 Å². The zero-order valence-corrected chi connectivity index (χ0v) is 21.0. The Balaban J connectivity index is 1.67. The summed E-state index contributed by atoms with van der Waals surface area (Å²) in [6, 6.07) is 17.6. The fourth-order valence-electron chi connectivity index (χ4n) is 3.50. The van der Waals surface area contributed by atoms with Gasteiger partial charge >= 0.3 is 5.69 Å². The molecule has 0 amide bonds. The first-order valence-electron chi connectivity index (χ1n) is 11.0. The topological polar surface area (TPSA) is 99.6 Å². The van der Waals surface area contributed by atoms with Crippen LogP contribution in [-0.4, -0.2) is 20.8 Å². The summed E-state index contributed by atoms with van der Waals surface area (Å²) in [6.07, 6.45) is 1.41. The lowest BCUT2D eigenvalue weighted by Crippen LogP contribution is -2.23. The third kappa shape index (κ3) is 5.46. The maximum Gasteiger partial charge on any atom is 0.311 e. The van der Waals surface area contributed by atoms with Crippen molar-refractivity contribution in [2.45, 2.75) is 33.3 Å². The van der Waals surface area contributed by atoms with E-state index < -0.39 is 4.92 Å². The molecule has 0 aliphatic carbocycles. The van der Waals surface area contributed by atoms with E-state index in [0.717, 1.165) is 15.6 Å². The van der Waals surface area contributed by atoms with Crippen LogP contribution in [0, 0.1) is 17.0 Å². The molecule has 9 heteroatoms. The van der Waals surface area contributed by atoms with Crippen LogP contribution in [-0.2, 0) is 6.61 Å². The number of aryl methyl sites for hydroxylation is 1. The highest BCUT2D eigenvalue weighted by Crippen LogP contribution is 2.28. The molecule has 0 fully saturated rings. The number of halogens is 1. The molecule has 0 spiro atoms. The van der Waals surface area contributed by atoms with Gasteiger partial charge in [0.15, 0.2) is 5.75 Å². The van der Waals surface area contributed by atoms with E-state index in [0.29, 0.717) is 22.3 Å².